The highest BCUT2D eigenvalue weighted by Gasteiger charge is 2.35. The first-order valence-corrected chi connectivity index (χ1v) is 4.96. The van der Waals surface area contributed by atoms with E-state index >= 15 is 0 Å². The average Bonchev–Trinajstić information content (AvgIpc) is 2.16. The lowest BCUT2D eigenvalue weighted by atomic mass is 9.95. The Kier molecular flexibility index (Phi) is 5.28. The van der Waals surface area contributed by atoms with Crippen LogP contribution in [-0.2, 0) is 14.3 Å². The Morgan fingerprint density at radius 3 is 2.40 bits per heavy atom. The molecule has 5 heteroatoms. The van der Waals surface area contributed by atoms with E-state index in [9.17, 15) is 9.59 Å². The number of nitrogens with one attached hydrogen (secondary N) is 1. The number of carboxylic acid groups (broad SMARTS) is 1. The molecule has 2 unspecified atom stereocenters. The van der Waals surface area contributed by atoms with Gasteiger partial charge < -0.3 is 9.84 Å². The molecular weight excluding hydrogens is 198 g/mol. The van der Waals surface area contributed by atoms with Gasteiger partial charge in [0.2, 0.25) is 0 Å². The van der Waals surface area contributed by atoms with Gasteiger partial charge in [-0.1, -0.05) is 13.3 Å². The molecule has 0 saturated carbocycles. The maximum atomic E-state index is 11.1. The number of esters is 1. The van der Waals surface area contributed by atoms with Gasteiger partial charge in [0, 0.05) is 0 Å². The molecule has 5 nitrogen and oxygen atoms in total. The first-order chi connectivity index (χ1) is 6.87. The normalized spacial score (nSPS) is 16.5. The number of aliphatic carboxylic acids is 1. The molecule has 0 aromatic carbocycles. The summed E-state index contributed by atoms with van der Waals surface area (Å²) in [5, 5.41) is 11.8. The van der Waals surface area contributed by atoms with Crippen molar-refractivity contribution in [3.05, 3.63) is 0 Å². The average molecular weight is 217 g/mol. The van der Waals surface area contributed by atoms with Crippen LogP contribution in [-0.4, -0.2) is 35.7 Å². The van der Waals surface area contributed by atoms with Crippen LogP contribution in [0.5, 0.6) is 0 Å². The summed E-state index contributed by atoms with van der Waals surface area (Å²) in [4.78, 5) is 22.2. The predicted octanol–water partition coefficient (Wildman–Crippen LogP) is 0.781. The number of carbonyl (C=O) groups excluding carboxylic acids is 1. The molecule has 15 heavy (non-hydrogen) atoms. The van der Waals surface area contributed by atoms with Crippen molar-refractivity contribution in [1.82, 2.24) is 5.32 Å². The molecule has 0 bridgehead atoms. The molecule has 0 aromatic rings. The molecule has 0 spiro atoms. The highest BCUT2D eigenvalue weighted by molar-refractivity contribution is 5.81. The van der Waals surface area contributed by atoms with Crippen LogP contribution < -0.4 is 5.32 Å². The Bertz CT molecular complexity index is 242. The standard InChI is InChI=1S/C10H19NO4/c1-5-6-10(3,9(13)14)11-7(2)8(12)15-4/h7,11H,5-6H2,1-4H3,(H,13,14). The number of ether oxygens (including phenoxy) is 1. The number of carboxylic acids is 1. The molecule has 2 atom stereocenters. The minimum atomic E-state index is -1.08. The van der Waals surface area contributed by atoms with E-state index in [0.717, 1.165) is 6.42 Å². The zero-order valence-corrected chi connectivity index (χ0v) is 9.66. The highest BCUT2D eigenvalue weighted by atomic mass is 16.5. The Labute approximate surface area is 89.8 Å². The number of methoxy groups -OCH3 is 1. The molecule has 0 aromatic heterocycles. The van der Waals surface area contributed by atoms with E-state index in [-0.39, 0.29) is 0 Å². The molecular formula is C10H19NO4. The van der Waals surface area contributed by atoms with Gasteiger partial charge in [-0.15, -0.1) is 0 Å². The van der Waals surface area contributed by atoms with E-state index in [4.69, 9.17) is 5.11 Å². The van der Waals surface area contributed by atoms with Gasteiger partial charge in [-0.25, -0.2) is 0 Å². The quantitative estimate of drug-likeness (QED) is 0.643. The summed E-state index contributed by atoms with van der Waals surface area (Å²) in [6.07, 6.45) is 1.19. The molecule has 0 aliphatic carbocycles. The molecule has 0 heterocycles. The fourth-order valence-electron chi connectivity index (χ4n) is 1.45. The van der Waals surface area contributed by atoms with Crippen LogP contribution in [0.15, 0.2) is 0 Å². The zero-order valence-electron chi connectivity index (χ0n) is 9.66. The molecule has 88 valence electrons. The van der Waals surface area contributed by atoms with E-state index < -0.39 is 23.5 Å². The molecule has 0 radical (unpaired) electrons. The lowest BCUT2D eigenvalue weighted by Gasteiger charge is -2.28. The molecule has 0 rings (SSSR count). The summed E-state index contributed by atoms with van der Waals surface area (Å²) in [5.41, 5.74) is -1.08. The second-order valence-electron chi connectivity index (χ2n) is 3.78. The van der Waals surface area contributed by atoms with Gasteiger partial charge >= 0.3 is 11.9 Å². The van der Waals surface area contributed by atoms with Crippen molar-refractivity contribution in [3.63, 3.8) is 0 Å². The van der Waals surface area contributed by atoms with Crippen LogP contribution in [0.4, 0.5) is 0 Å². The lowest BCUT2D eigenvalue weighted by Crippen LogP contribution is -2.55. The summed E-state index contributed by atoms with van der Waals surface area (Å²) >= 11 is 0. The highest BCUT2D eigenvalue weighted by Crippen LogP contribution is 2.13. The molecule has 0 fully saturated rings. The first-order valence-electron chi connectivity index (χ1n) is 4.96. The van der Waals surface area contributed by atoms with Gasteiger partial charge in [0.15, 0.2) is 0 Å². The Morgan fingerprint density at radius 1 is 1.53 bits per heavy atom. The molecule has 2 N–H and O–H groups in total. The summed E-state index contributed by atoms with van der Waals surface area (Å²) in [5.74, 6) is -1.42. The molecule has 0 saturated heterocycles. The summed E-state index contributed by atoms with van der Waals surface area (Å²) in [7, 11) is 1.28. The van der Waals surface area contributed by atoms with Crippen molar-refractivity contribution in [1.29, 1.82) is 0 Å². The van der Waals surface area contributed by atoms with Gasteiger partial charge in [0.25, 0.3) is 0 Å². The van der Waals surface area contributed by atoms with E-state index in [1.807, 2.05) is 6.92 Å². The Hall–Kier alpha value is -1.10. The Balaban J connectivity index is 4.54. The Morgan fingerprint density at radius 2 is 2.07 bits per heavy atom. The number of carbonyl (C=O) groups is 2. The summed E-state index contributed by atoms with van der Waals surface area (Å²) in [6.45, 7) is 5.05. The summed E-state index contributed by atoms with van der Waals surface area (Å²) in [6, 6.07) is -0.623. The molecule has 0 aliphatic heterocycles. The topological polar surface area (TPSA) is 75.6 Å². The van der Waals surface area contributed by atoms with E-state index in [1.54, 1.807) is 13.8 Å². The van der Waals surface area contributed by atoms with Gasteiger partial charge in [-0.05, 0) is 20.3 Å². The van der Waals surface area contributed by atoms with Crippen molar-refractivity contribution < 1.29 is 19.4 Å². The second kappa shape index (κ2) is 5.70. The van der Waals surface area contributed by atoms with Crippen LogP contribution in [0.25, 0.3) is 0 Å². The second-order valence-corrected chi connectivity index (χ2v) is 3.78. The minimum absolute atomic E-state index is 0.460. The van der Waals surface area contributed by atoms with Crippen molar-refractivity contribution in [2.24, 2.45) is 0 Å². The predicted molar refractivity (Wildman–Crippen MR) is 55.6 cm³/mol. The van der Waals surface area contributed by atoms with Crippen molar-refractivity contribution in [2.75, 3.05) is 7.11 Å². The fourth-order valence-corrected chi connectivity index (χ4v) is 1.45. The van der Waals surface area contributed by atoms with Crippen molar-refractivity contribution >= 4 is 11.9 Å². The summed E-state index contributed by atoms with van der Waals surface area (Å²) < 4.78 is 4.52. The number of rotatable bonds is 6. The largest absolute Gasteiger partial charge is 0.480 e. The molecule has 0 amide bonds. The number of hydrogen-bond donors (Lipinski definition) is 2. The smallest absolute Gasteiger partial charge is 0.323 e. The fraction of sp³-hybridized carbons (Fsp3) is 0.800. The zero-order chi connectivity index (χ0) is 12.1. The van der Waals surface area contributed by atoms with Gasteiger partial charge in [0.05, 0.1) is 7.11 Å². The third-order valence-corrected chi connectivity index (χ3v) is 2.31. The monoisotopic (exact) mass is 217 g/mol. The maximum absolute atomic E-state index is 11.1. The third kappa shape index (κ3) is 3.87. The van der Waals surface area contributed by atoms with Gasteiger partial charge in [-0.2, -0.15) is 0 Å². The van der Waals surface area contributed by atoms with Crippen molar-refractivity contribution in [3.8, 4) is 0 Å². The maximum Gasteiger partial charge on any atom is 0.323 e. The van der Waals surface area contributed by atoms with Crippen molar-refractivity contribution in [2.45, 2.75) is 45.2 Å². The van der Waals surface area contributed by atoms with Crippen LogP contribution in [0, 0.1) is 0 Å². The van der Waals surface area contributed by atoms with E-state index in [1.165, 1.54) is 7.11 Å². The number of hydrogen-bond acceptors (Lipinski definition) is 4. The van der Waals surface area contributed by atoms with E-state index in [0.29, 0.717) is 6.42 Å². The van der Waals surface area contributed by atoms with Crippen LogP contribution in [0.3, 0.4) is 0 Å². The van der Waals surface area contributed by atoms with E-state index in [2.05, 4.69) is 10.1 Å². The van der Waals surface area contributed by atoms with Gasteiger partial charge in [0.1, 0.15) is 11.6 Å². The first kappa shape index (κ1) is 13.9. The third-order valence-electron chi connectivity index (χ3n) is 2.31. The lowest BCUT2D eigenvalue weighted by molar-refractivity contribution is -0.148. The molecule has 0 aliphatic rings. The van der Waals surface area contributed by atoms with Crippen LogP contribution >= 0.6 is 0 Å². The van der Waals surface area contributed by atoms with Crippen LogP contribution in [0.1, 0.15) is 33.6 Å². The minimum Gasteiger partial charge on any atom is -0.480 e. The van der Waals surface area contributed by atoms with Gasteiger partial charge in [-0.3, -0.25) is 14.9 Å². The van der Waals surface area contributed by atoms with Crippen LogP contribution in [0.2, 0.25) is 0 Å². The SMILES string of the molecule is CCCC(C)(NC(C)C(=O)OC)C(=O)O.